The number of carbonyl (C=O) groups is 1. The molecule has 0 spiro atoms. The number of rotatable bonds is 0. The minimum atomic E-state index is -0.0539. The molecule has 2 rings (SSSR count). The molecule has 1 aliphatic heterocycles. The SMILES string of the molecule is CC(C)(C)c1cc2c(c(C(C)(C)C)c1)C(=O)CCO2. The minimum Gasteiger partial charge on any atom is -0.492 e. The molecule has 19 heavy (non-hydrogen) atoms. The summed E-state index contributed by atoms with van der Waals surface area (Å²) in [6.07, 6.45) is 0.491. The number of carbonyl (C=O) groups excluding carboxylic acids is 1. The Labute approximate surface area is 116 Å². The predicted octanol–water partition coefficient (Wildman–Crippen LogP) is 4.25. The molecule has 0 saturated heterocycles. The highest BCUT2D eigenvalue weighted by atomic mass is 16.5. The number of ketones is 1. The highest BCUT2D eigenvalue weighted by molar-refractivity contribution is 6.01. The van der Waals surface area contributed by atoms with E-state index in [1.54, 1.807) is 0 Å². The molecule has 0 aliphatic carbocycles. The van der Waals surface area contributed by atoms with Gasteiger partial charge in [0.1, 0.15) is 5.75 Å². The van der Waals surface area contributed by atoms with E-state index >= 15 is 0 Å². The molecular formula is C17H24O2. The summed E-state index contributed by atoms with van der Waals surface area (Å²) in [5, 5.41) is 0. The van der Waals surface area contributed by atoms with Gasteiger partial charge in [0.05, 0.1) is 12.2 Å². The molecule has 0 radical (unpaired) electrons. The fourth-order valence-electron chi connectivity index (χ4n) is 2.42. The van der Waals surface area contributed by atoms with Gasteiger partial charge < -0.3 is 4.74 Å². The van der Waals surface area contributed by atoms with Gasteiger partial charge in [-0.3, -0.25) is 4.79 Å². The van der Waals surface area contributed by atoms with Gasteiger partial charge in [-0.1, -0.05) is 47.6 Å². The Balaban J connectivity index is 2.72. The van der Waals surface area contributed by atoms with Crippen LogP contribution in [0.3, 0.4) is 0 Å². The van der Waals surface area contributed by atoms with Gasteiger partial charge >= 0.3 is 0 Å². The average molecular weight is 260 g/mol. The van der Waals surface area contributed by atoms with Crippen molar-refractivity contribution in [2.45, 2.75) is 58.8 Å². The van der Waals surface area contributed by atoms with E-state index in [0.717, 1.165) is 16.9 Å². The Bertz CT molecular complexity index is 513. The molecule has 2 nitrogen and oxygen atoms in total. The van der Waals surface area contributed by atoms with Crippen LogP contribution in [0.15, 0.2) is 12.1 Å². The lowest BCUT2D eigenvalue weighted by molar-refractivity contribution is 0.0930. The predicted molar refractivity (Wildman–Crippen MR) is 78.3 cm³/mol. The first kappa shape index (κ1) is 14.1. The highest BCUT2D eigenvalue weighted by Gasteiger charge is 2.30. The van der Waals surface area contributed by atoms with Crippen LogP contribution in [-0.4, -0.2) is 12.4 Å². The van der Waals surface area contributed by atoms with Crippen LogP contribution in [0.1, 0.15) is 69.4 Å². The van der Waals surface area contributed by atoms with Crippen molar-refractivity contribution in [1.29, 1.82) is 0 Å². The van der Waals surface area contributed by atoms with Crippen LogP contribution in [0.4, 0.5) is 0 Å². The van der Waals surface area contributed by atoms with E-state index in [1.807, 2.05) is 6.07 Å². The molecule has 0 fully saturated rings. The van der Waals surface area contributed by atoms with E-state index in [0.29, 0.717) is 13.0 Å². The monoisotopic (exact) mass is 260 g/mol. The van der Waals surface area contributed by atoms with Gasteiger partial charge in [0.25, 0.3) is 0 Å². The summed E-state index contributed by atoms with van der Waals surface area (Å²) in [6.45, 7) is 13.5. The van der Waals surface area contributed by atoms with Gasteiger partial charge in [-0.15, -0.1) is 0 Å². The number of ether oxygens (including phenoxy) is 1. The number of hydrogen-bond acceptors (Lipinski definition) is 2. The van der Waals surface area contributed by atoms with Crippen LogP contribution in [0.2, 0.25) is 0 Å². The fraction of sp³-hybridized carbons (Fsp3) is 0.588. The molecule has 0 N–H and O–H groups in total. The Morgan fingerprint density at radius 1 is 1.00 bits per heavy atom. The molecule has 0 amide bonds. The van der Waals surface area contributed by atoms with Crippen molar-refractivity contribution in [3.8, 4) is 5.75 Å². The van der Waals surface area contributed by atoms with Crippen molar-refractivity contribution in [3.63, 3.8) is 0 Å². The van der Waals surface area contributed by atoms with E-state index < -0.39 is 0 Å². The molecule has 104 valence electrons. The van der Waals surface area contributed by atoms with Crippen molar-refractivity contribution in [1.82, 2.24) is 0 Å². The Morgan fingerprint density at radius 3 is 2.16 bits per heavy atom. The topological polar surface area (TPSA) is 26.3 Å². The number of hydrogen-bond donors (Lipinski definition) is 0. The van der Waals surface area contributed by atoms with E-state index in [-0.39, 0.29) is 16.6 Å². The van der Waals surface area contributed by atoms with Crippen LogP contribution in [0.25, 0.3) is 0 Å². The number of Topliss-reactive ketones (excluding diaryl/α,β-unsaturated/α-hetero) is 1. The molecule has 0 saturated carbocycles. The van der Waals surface area contributed by atoms with Crippen molar-refractivity contribution in [2.75, 3.05) is 6.61 Å². The minimum absolute atomic E-state index is 0.0539. The highest BCUT2D eigenvalue weighted by Crippen LogP contribution is 2.39. The molecule has 0 aromatic heterocycles. The number of fused-ring (bicyclic) bond motifs is 1. The maximum Gasteiger partial charge on any atom is 0.170 e. The van der Waals surface area contributed by atoms with Crippen LogP contribution in [0.5, 0.6) is 5.75 Å². The lowest BCUT2D eigenvalue weighted by Crippen LogP contribution is -2.25. The van der Waals surface area contributed by atoms with Crippen molar-refractivity contribution in [2.24, 2.45) is 0 Å². The Hall–Kier alpha value is -1.31. The van der Waals surface area contributed by atoms with Crippen molar-refractivity contribution in [3.05, 3.63) is 28.8 Å². The molecular weight excluding hydrogens is 236 g/mol. The second-order valence-electron chi connectivity index (χ2n) is 7.42. The molecule has 0 atom stereocenters. The second kappa shape index (κ2) is 4.36. The van der Waals surface area contributed by atoms with Gasteiger partial charge in [0.2, 0.25) is 0 Å². The van der Waals surface area contributed by atoms with Crippen LogP contribution in [0, 0.1) is 0 Å². The van der Waals surface area contributed by atoms with E-state index in [2.05, 4.69) is 47.6 Å². The van der Waals surface area contributed by atoms with Gasteiger partial charge in [0, 0.05) is 6.42 Å². The molecule has 0 bridgehead atoms. The summed E-state index contributed by atoms with van der Waals surface area (Å²) in [6, 6.07) is 4.23. The van der Waals surface area contributed by atoms with Crippen molar-refractivity contribution >= 4 is 5.78 Å². The molecule has 1 aromatic rings. The lowest BCUT2D eigenvalue weighted by atomic mass is 9.77. The summed E-state index contributed by atoms with van der Waals surface area (Å²) in [4.78, 5) is 12.2. The molecule has 2 heteroatoms. The zero-order valence-electron chi connectivity index (χ0n) is 12.9. The summed E-state index contributed by atoms with van der Waals surface area (Å²) in [7, 11) is 0. The third kappa shape index (κ3) is 2.68. The maximum atomic E-state index is 12.2. The normalized spacial score (nSPS) is 16.0. The molecule has 1 heterocycles. The Morgan fingerprint density at radius 2 is 1.63 bits per heavy atom. The van der Waals surface area contributed by atoms with Crippen LogP contribution < -0.4 is 4.74 Å². The van der Waals surface area contributed by atoms with Gasteiger partial charge in [-0.2, -0.15) is 0 Å². The first-order valence-electron chi connectivity index (χ1n) is 6.96. The van der Waals surface area contributed by atoms with Gasteiger partial charge in [-0.25, -0.2) is 0 Å². The zero-order valence-corrected chi connectivity index (χ0v) is 12.9. The second-order valence-corrected chi connectivity index (χ2v) is 7.42. The van der Waals surface area contributed by atoms with E-state index in [9.17, 15) is 4.79 Å². The smallest absolute Gasteiger partial charge is 0.170 e. The van der Waals surface area contributed by atoms with Crippen LogP contribution >= 0.6 is 0 Å². The fourth-order valence-corrected chi connectivity index (χ4v) is 2.42. The summed E-state index contributed by atoms with van der Waals surface area (Å²) in [5.74, 6) is 0.986. The molecule has 1 aromatic carbocycles. The molecule has 0 unspecified atom stereocenters. The van der Waals surface area contributed by atoms with Gasteiger partial charge in [0.15, 0.2) is 5.78 Å². The third-order valence-corrected chi connectivity index (χ3v) is 3.64. The lowest BCUT2D eigenvalue weighted by Gasteiger charge is -2.30. The summed E-state index contributed by atoms with van der Waals surface area (Å²) in [5.41, 5.74) is 3.14. The quantitative estimate of drug-likeness (QED) is 0.697. The van der Waals surface area contributed by atoms with Gasteiger partial charge in [-0.05, 0) is 28.0 Å². The number of benzene rings is 1. The largest absolute Gasteiger partial charge is 0.492 e. The van der Waals surface area contributed by atoms with Crippen molar-refractivity contribution < 1.29 is 9.53 Å². The standard InChI is InChI=1S/C17H24O2/c1-16(2,3)11-9-12(17(4,5)6)15-13(18)7-8-19-14(15)10-11/h9-10H,7-8H2,1-6H3. The van der Waals surface area contributed by atoms with E-state index in [4.69, 9.17) is 4.74 Å². The van der Waals surface area contributed by atoms with Crippen LogP contribution in [-0.2, 0) is 10.8 Å². The summed E-state index contributed by atoms with van der Waals surface area (Å²) >= 11 is 0. The molecule has 1 aliphatic rings. The maximum absolute atomic E-state index is 12.2. The van der Waals surface area contributed by atoms with E-state index in [1.165, 1.54) is 5.56 Å². The average Bonchev–Trinajstić information content (AvgIpc) is 2.25. The first-order valence-corrected chi connectivity index (χ1v) is 6.96. The zero-order chi connectivity index (χ0) is 14.4. The summed E-state index contributed by atoms with van der Waals surface area (Å²) < 4.78 is 5.74. The Kier molecular flexibility index (Phi) is 3.24. The first-order chi connectivity index (χ1) is 8.60. The third-order valence-electron chi connectivity index (χ3n) is 3.64.